The molecular weight excluding hydrogens is 374 g/mol. The third-order valence-electron chi connectivity index (χ3n) is 5.11. The third-order valence-corrected chi connectivity index (χ3v) is 6.02. The molecule has 6 nitrogen and oxygen atoms in total. The van der Waals surface area contributed by atoms with Crippen LogP contribution in [0.1, 0.15) is 51.3 Å². The van der Waals surface area contributed by atoms with Crippen LogP contribution in [0.15, 0.2) is 40.4 Å². The lowest BCUT2D eigenvalue weighted by molar-refractivity contribution is 0.0702. The highest BCUT2D eigenvalue weighted by Gasteiger charge is 2.29. The van der Waals surface area contributed by atoms with Gasteiger partial charge in [0, 0.05) is 19.5 Å². The molecule has 0 unspecified atom stereocenters. The van der Waals surface area contributed by atoms with Crippen LogP contribution in [0.5, 0.6) is 5.75 Å². The zero-order valence-electron chi connectivity index (χ0n) is 16.1. The first-order valence-electron chi connectivity index (χ1n) is 9.41. The lowest BCUT2D eigenvalue weighted by Gasteiger charge is -2.31. The molecule has 3 aromatic rings. The summed E-state index contributed by atoms with van der Waals surface area (Å²) in [7, 11) is 1.66. The maximum Gasteiger partial charge on any atom is 0.265 e. The topological polar surface area (TPSA) is 68.5 Å². The molecule has 2 aromatic heterocycles. The van der Waals surface area contributed by atoms with E-state index in [2.05, 4.69) is 9.97 Å². The second kappa shape index (κ2) is 8.14. The van der Waals surface area contributed by atoms with Crippen LogP contribution in [0.3, 0.4) is 0 Å². The number of likely N-dealkylation sites (tertiary alicyclic amines) is 1. The van der Waals surface area contributed by atoms with E-state index in [1.807, 2.05) is 36.1 Å². The molecule has 4 rings (SSSR count). The zero-order valence-corrected chi connectivity index (χ0v) is 16.9. The van der Waals surface area contributed by atoms with Gasteiger partial charge in [0.15, 0.2) is 5.89 Å². The van der Waals surface area contributed by atoms with Crippen molar-refractivity contribution >= 4 is 17.2 Å². The van der Waals surface area contributed by atoms with Crippen molar-refractivity contribution in [3.05, 3.63) is 63.8 Å². The second-order valence-corrected chi connectivity index (χ2v) is 7.90. The fourth-order valence-corrected chi connectivity index (χ4v) is 4.32. The van der Waals surface area contributed by atoms with Crippen LogP contribution in [0.2, 0.25) is 0 Å². The van der Waals surface area contributed by atoms with Crippen LogP contribution in [0.25, 0.3) is 0 Å². The molecule has 7 heteroatoms. The van der Waals surface area contributed by atoms with Crippen molar-refractivity contribution in [1.29, 1.82) is 0 Å². The molecule has 146 valence electrons. The summed E-state index contributed by atoms with van der Waals surface area (Å²) in [4.78, 5) is 24.1. The Labute approximate surface area is 168 Å². The Balaban J connectivity index is 1.42. The number of hydrogen-bond acceptors (Lipinski definition) is 6. The molecule has 1 aliphatic heterocycles. The summed E-state index contributed by atoms with van der Waals surface area (Å²) in [5, 5.41) is 0. The summed E-state index contributed by atoms with van der Waals surface area (Å²) in [6, 6.07) is 7.94. The number of thiazole rings is 1. The number of aryl methyl sites for hydroxylation is 1. The zero-order chi connectivity index (χ0) is 19.5. The Morgan fingerprint density at radius 2 is 2.14 bits per heavy atom. The van der Waals surface area contributed by atoms with Crippen LogP contribution < -0.4 is 4.74 Å². The van der Waals surface area contributed by atoms with Crippen molar-refractivity contribution in [2.45, 2.75) is 32.1 Å². The van der Waals surface area contributed by atoms with Gasteiger partial charge in [0.1, 0.15) is 16.4 Å². The maximum absolute atomic E-state index is 12.8. The minimum Gasteiger partial charge on any atom is -0.497 e. The molecule has 0 radical (unpaired) electrons. The lowest BCUT2D eigenvalue weighted by Crippen LogP contribution is -2.39. The molecule has 1 amide bonds. The van der Waals surface area contributed by atoms with Crippen molar-refractivity contribution in [3.8, 4) is 5.75 Å². The Bertz CT molecular complexity index is 948. The SMILES string of the molecule is COc1ccc(Cc2cnc([C@H]3CCCN(C(=O)c4scnc4C)C3)o2)cc1. The van der Waals surface area contributed by atoms with Gasteiger partial charge >= 0.3 is 0 Å². The van der Waals surface area contributed by atoms with E-state index in [1.165, 1.54) is 11.3 Å². The second-order valence-electron chi connectivity index (χ2n) is 7.05. The Kier molecular flexibility index (Phi) is 5.43. The number of carbonyl (C=O) groups is 1. The number of nitrogens with zero attached hydrogens (tertiary/aromatic N) is 3. The van der Waals surface area contributed by atoms with Gasteiger partial charge in [-0.15, -0.1) is 11.3 Å². The summed E-state index contributed by atoms with van der Waals surface area (Å²) in [6.07, 6.45) is 4.42. The molecule has 1 atom stereocenters. The number of methoxy groups -OCH3 is 1. The normalized spacial score (nSPS) is 16.9. The molecule has 0 spiro atoms. The number of benzene rings is 1. The minimum atomic E-state index is 0.0645. The number of oxazole rings is 1. The highest BCUT2D eigenvalue weighted by molar-refractivity contribution is 7.11. The lowest BCUT2D eigenvalue weighted by atomic mass is 9.98. The predicted molar refractivity (Wildman–Crippen MR) is 107 cm³/mol. The monoisotopic (exact) mass is 397 g/mol. The summed E-state index contributed by atoms with van der Waals surface area (Å²) >= 11 is 1.41. The van der Waals surface area contributed by atoms with Crippen molar-refractivity contribution in [1.82, 2.24) is 14.9 Å². The van der Waals surface area contributed by atoms with Crippen molar-refractivity contribution in [3.63, 3.8) is 0 Å². The van der Waals surface area contributed by atoms with Gasteiger partial charge < -0.3 is 14.1 Å². The molecule has 28 heavy (non-hydrogen) atoms. The van der Waals surface area contributed by atoms with E-state index in [9.17, 15) is 4.79 Å². The minimum absolute atomic E-state index is 0.0645. The Morgan fingerprint density at radius 1 is 1.32 bits per heavy atom. The summed E-state index contributed by atoms with van der Waals surface area (Å²) in [5.74, 6) is 2.60. The van der Waals surface area contributed by atoms with Gasteiger partial charge in [-0.2, -0.15) is 0 Å². The van der Waals surface area contributed by atoms with Gasteiger partial charge in [0.25, 0.3) is 5.91 Å². The van der Waals surface area contributed by atoms with Gasteiger partial charge in [0.2, 0.25) is 0 Å². The van der Waals surface area contributed by atoms with Gasteiger partial charge in [-0.25, -0.2) is 9.97 Å². The molecule has 1 aliphatic rings. The summed E-state index contributed by atoms with van der Waals surface area (Å²) in [6.45, 7) is 3.29. The summed E-state index contributed by atoms with van der Waals surface area (Å²) in [5.41, 5.74) is 3.67. The van der Waals surface area contributed by atoms with Crippen LogP contribution in [-0.4, -0.2) is 41.0 Å². The molecule has 0 aliphatic carbocycles. The van der Waals surface area contributed by atoms with Gasteiger partial charge in [0.05, 0.1) is 30.4 Å². The molecule has 3 heterocycles. The highest BCUT2D eigenvalue weighted by Crippen LogP contribution is 2.29. The van der Waals surface area contributed by atoms with E-state index < -0.39 is 0 Å². The molecular formula is C21H23N3O3S. The van der Waals surface area contributed by atoms with E-state index >= 15 is 0 Å². The van der Waals surface area contributed by atoms with E-state index in [1.54, 1.807) is 18.8 Å². The first-order chi connectivity index (χ1) is 13.6. The smallest absolute Gasteiger partial charge is 0.265 e. The Hall–Kier alpha value is -2.67. The molecule has 1 saturated heterocycles. The molecule has 0 bridgehead atoms. The quantitative estimate of drug-likeness (QED) is 0.649. The van der Waals surface area contributed by atoms with Gasteiger partial charge in [-0.1, -0.05) is 12.1 Å². The molecule has 1 fully saturated rings. The molecule has 1 aromatic carbocycles. The number of amides is 1. The van der Waals surface area contributed by atoms with Gasteiger partial charge in [-0.05, 0) is 37.5 Å². The van der Waals surface area contributed by atoms with E-state index in [-0.39, 0.29) is 11.8 Å². The van der Waals surface area contributed by atoms with Crippen molar-refractivity contribution < 1.29 is 13.9 Å². The average Bonchev–Trinajstić information content (AvgIpc) is 3.37. The third kappa shape index (κ3) is 3.94. The number of hydrogen-bond donors (Lipinski definition) is 0. The molecule has 0 N–H and O–H groups in total. The van der Waals surface area contributed by atoms with E-state index in [0.717, 1.165) is 52.9 Å². The first-order valence-corrected chi connectivity index (χ1v) is 10.3. The number of rotatable bonds is 5. The summed E-state index contributed by atoms with van der Waals surface area (Å²) < 4.78 is 11.2. The number of carbonyl (C=O) groups excluding carboxylic acids is 1. The highest BCUT2D eigenvalue weighted by atomic mass is 32.1. The van der Waals surface area contributed by atoms with E-state index in [0.29, 0.717) is 13.0 Å². The first kappa shape index (κ1) is 18.7. The fourth-order valence-electron chi connectivity index (χ4n) is 3.55. The van der Waals surface area contributed by atoms with Crippen molar-refractivity contribution in [2.75, 3.05) is 20.2 Å². The van der Waals surface area contributed by atoms with Crippen LogP contribution in [0, 0.1) is 6.92 Å². The number of ether oxygens (including phenoxy) is 1. The van der Waals surface area contributed by atoms with Crippen LogP contribution in [-0.2, 0) is 6.42 Å². The fraction of sp³-hybridized carbons (Fsp3) is 0.381. The number of piperidine rings is 1. The predicted octanol–water partition coefficient (Wildman–Crippen LogP) is 4.06. The largest absolute Gasteiger partial charge is 0.497 e. The standard InChI is InChI=1S/C21H23N3O3S/c1-14-19(28-13-23-14)21(25)24-9-3-4-16(12-24)20-22-11-18(27-20)10-15-5-7-17(26-2)8-6-15/h5-8,11,13,16H,3-4,9-10,12H2,1-2H3/t16-/m0/s1. The maximum atomic E-state index is 12.8. The average molecular weight is 398 g/mol. The number of aromatic nitrogens is 2. The van der Waals surface area contributed by atoms with Crippen LogP contribution >= 0.6 is 11.3 Å². The molecule has 0 saturated carbocycles. The van der Waals surface area contributed by atoms with Gasteiger partial charge in [-0.3, -0.25) is 4.79 Å². The van der Waals surface area contributed by atoms with Crippen LogP contribution in [0.4, 0.5) is 0 Å². The van der Waals surface area contributed by atoms with Crippen molar-refractivity contribution in [2.24, 2.45) is 0 Å². The Morgan fingerprint density at radius 3 is 2.86 bits per heavy atom. The van der Waals surface area contributed by atoms with E-state index in [4.69, 9.17) is 9.15 Å².